The molecule has 166 valence electrons. The summed E-state index contributed by atoms with van der Waals surface area (Å²) in [7, 11) is 1.86. The lowest BCUT2D eigenvalue weighted by Gasteiger charge is -2.37. The second kappa shape index (κ2) is 10.6. The van der Waals surface area contributed by atoms with Crippen molar-refractivity contribution < 1.29 is 9.47 Å². The van der Waals surface area contributed by atoms with Crippen molar-refractivity contribution in [1.29, 1.82) is 0 Å². The van der Waals surface area contributed by atoms with Crippen LogP contribution in [0.3, 0.4) is 0 Å². The van der Waals surface area contributed by atoms with Crippen LogP contribution in [0.2, 0.25) is 0 Å². The van der Waals surface area contributed by atoms with Crippen molar-refractivity contribution in [2.24, 2.45) is 10.9 Å². The molecule has 2 unspecified atom stereocenters. The molecule has 0 spiro atoms. The molecule has 3 aliphatic heterocycles. The summed E-state index contributed by atoms with van der Waals surface area (Å²) in [6, 6.07) is 9.05. The van der Waals surface area contributed by atoms with Gasteiger partial charge in [-0.25, -0.2) is 0 Å². The lowest BCUT2D eigenvalue weighted by molar-refractivity contribution is -0.0817. The monoisotopic (exact) mass is 414 g/mol. The molecule has 0 aliphatic carbocycles. The van der Waals surface area contributed by atoms with E-state index in [9.17, 15) is 0 Å². The van der Waals surface area contributed by atoms with Gasteiger partial charge in [0.05, 0.1) is 12.7 Å². The molecule has 1 N–H and O–H groups in total. The first-order chi connectivity index (χ1) is 14.7. The van der Waals surface area contributed by atoms with Gasteiger partial charge < -0.3 is 19.7 Å². The third kappa shape index (κ3) is 5.74. The highest BCUT2D eigenvalue weighted by Crippen LogP contribution is 2.21. The van der Waals surface area contributed by atoms with Gasteiger partial charge in [-0.05, 0) is 55.8 Å². The number of aliphatic imine (C=N–C) groups is 1. The predicted molar refractivity (Wildman–Crippen MR) is 121 cm³/mol. The summed E-state index contributed by atoms with van der Waals surface area (Å²) >= 11 is 0. The standard InChI is InChI=1S/C24H38N4O2/c1-19-9-11-27(12-10-19)17-21-7-5-20(6-8-21)16-26-24(25-2)28-13-15-30-23(18-28)22-4-3-14-29-22/h5-8,19,22-23H,3-4,9-18H2,1-2H3,(H,25,26). The van der Waals surface area contributed by atoms with E-state index in [0.29, 0.717) is 0 Å². The summed E-state index contributed by atoms with van der Waals surface area (Å²) in [5, 5.41) is 3.54. The fraction of sp³-hybridized carbons (Fsp3) is 0.708. The zero-order chi connectivity index (χ0) is 20.8. The van der Waals surface area contributed by atoms with Crippen LogP contribution in [-0.2, 0) is 22.6 Å². The van der Waals surface area contributed by atoms with Gasteiger partial charge in [-0.3, -0.25) is 9.89 Å². The van der Waals surface area contributed by atoms with E-state index in [1.165, 1.54) is 37.1 Å². The van der Waals surface area contributed by atoms with E-state index in [-0.39, 0.29) is 12.2 Å². The fourth-order valence-electron chi connectivity index (χ4n) is 4.74. The maximum atomic E-state index is 5.98. The molecule has 0 amide bonds. The number of morpholine rings is 1. The molecule has 6 heteroatoms. The summed E-state index contributed by atoms with van der Waals surface area (Å²) < 4.78 is 11.8. The van der Waals surface area contributed by atoms with Crippen LogP contribution in [-0.4, -0.2) is 74.4 Å². The maximum Gasteiger partial charge on any atom is 0.194 e. The molecule has 3 saturated heterocycles. The minimum Gasteiger partial charge on any atom is -0.375 e. The van der Waals surface area contributed by atoms with Crippen LogP contribution in [0.15, 0.2) is 29.3 Å². The van der Waals surface area contributed by atoms with Gasteiger partial charge >= 0.3 is 0 Å². The number of likely N-dealkylation sites (tertiary alicyclic amines) is 1. The SMILES string of the molecule is CN=C(NCc1ccc(CN2CCC(C)CC2)cc1)N1CCOC(C2CCCO2)C1. The number of benzene rings is 1. The summed E-state index contributed by atoms with van der Waals surface area (Å²) in [5.41, 5.74) is 2.70. The summed E-state index contributed by atoms with van der Waals surface area (Å²) in [4.78, 5) is 9.41. The van der Waals surface area contributed by atoms with Crippen LogP contribution < -0.4 is 5.32 Å². The Kier molecular flexibility index (Phi) is 7.63. The largest absolute Gasteiger partial charge is 0.375 e. The van der Waals surface area contributed by atoms with E-state index in [4.69, 9.17) is 9.47 Å². The molecule has 0 radical (unpaired) electrons. The van der Waals surface area contributed by atoms with E-state index < -0.39 is 0 Å². The van der Waals surface area contributed by atoms with Gasteiger partial charge in [0.25, 0.3) is 0 Å². The molecular weight excluding hydrogens is 376 g/mol. The van der Waals surface area contributed by atoms with E-state index in [1.54, 1.807) is 0 Å². The van der Waals surface area contributed by atoms with Crippen LogP contribution in [0.5, 0.6) is 0 Å². The van der Waals surface area contributed by atoms with Gasteiger partial charge in [0.2, 0.25) is 0 Å². The summed E-state index contributed by atoms with van der Waals surface area (Å²) in [6.45, 7) is 10.00. The van der Waals surface area contributed by atoms with Crippen molar-refractivity contribution in [3.63, 3.8) is 0 Å². The van der Waals surface area contributed by atoms with Crippen molar-refractivity contribution in [1.82, 2.24) is 15.1 Å². The topological polar surface area (TPSA) is 49.3 Å². The number of nitrogens with zero attached hydrogens (tertiary/aromatic N) is 3. The molecule has 1 aromatic rings. The highest BCUT2D eigenvalue weighted by Gasteiger charge is 2.32. The predicted octanol–water partition coefficient (Wildman–Crippen LogP) is 2.87. The van der Waals surface area contributed by atoms with Crippen molar-refractivity contribution in [2.45, 2.75) is 57.9 Å². The molecule has 30 heavy (non-hydrogen) atoms. The van der Waals surface area contributed by atoms with Gasteiger partial charge in [0.1, 0.15) is 6.10 Å². The normalized spacial score (nSPS) is 26.9. The fourth-order valence-corrected chi connectivity index (χ4v) is 4.74. The Labute approximate surface area is 181 Å². The highest BCUT2D eigenvalue weighted by molar-refractivity contribution is 5.80. The first kappa shape index (κ1) is 21.6. The molecule has 0 aromatic heterocycles. The number of nitrogens with one attached hydrogen (secondary N) is 1. The molecule has 1 aromatic carbocycles. The van der Waals surface area contributed by atoms with Crippen LogP contribution >= 0.6 is 0 Å². The van der Waals surface area contributed by atoms with Gasteiger partial charge in [-0.1, -0.05) is 31.2 Å². The van der Waals surface area contributed by atoms with E-state index in [1.807, 2.05) is 7.05 Å². The Morgan fingerprint density at radius 1 is 1.00 bits per heavy atom. The lowest BCUT2D eigenvalue weighted by atomic mass is 9.99. The Morgan fingerprint density at radius 3 is 2.43 bits per heavy atom. The van der Waals surface area contributed by atoms with Gasteiger partial charge in [0.15, 0.2) is 5.96 Å². The molecule has 3 heterocycles. The molecule has 2 atom stereocenters. The van der Waals surface area contributed by atoms with Gasteiger partial charge in [-0.15, -0.1) is 0 Å². The van der Waals surface area contributed by atoms with E-state index in [2.05, 4.69) is 51.3 Å². The van der Waals surface area contributed by atoms with Crippen molar-refractivity contribution >= 4 is 5.96 Å². The Hall–Kier alpha value is -1.63. The molecule has 3 aliphatic rings. The summed E-state index contributed by atoms with van der Waals surface area (Å²) in [6.07, 6.45) is 5.29. The maximum absolute atomic E-state index is 5.98. The smallest absolute Gasteiger partial charge is 0.194 e. The molecule has 6 nitrogen and oxygen atoms in total. The second-order valence-electron chi connectivity index (χ2n) is 9.08. The number of guanidine groups is 1. The molecule has 0 bridgehead atoms. The quantitative estimate of drug-likeness (QED) is 0.593. The van der Waals surface area contributed by atoms with Crippen molar-refractivity contribution in [3.05, 3.63) is 35.4 Å². The van der Waals surface area contributed by atoms with Crippen molar-refractivity contribution in [3.8, 4) is 0 Å². The van der Waals surface area contributed by atoms with Crippen LogP contribution in [0.4, 0.5) is 0 Å². The number of ether oxygens (including phenoxy) is 2. The third-order valence-corrected chi connectivity index (χ3v) is 6.74. The molecule has 4 rings (SSSR count). The summed E-state index contributed by atoms with van der Waals surface area (Å²) in [5.74, 6) is 1.84. The highest BCUT2D eigenvalue weighted by atomic mass is 16.5. The number of rotatable bonds is 5. The average Bonchev–Trinajstić information content (AvgIpc) is 3.32. The van der Waals surface area contributed by atoms with Crippen LogP contribution in [0, 0.1) is 5.92 Å². The zero-order valence-electron chi connectivity index (χ0n) is 18.7. The number of hydrogen-bond acceptors (Lipinski definition) is 4. The van der Waals surface area contributed by atoms with Crippen LogP contribution in [0.1, 0.15) is 43.7 Å². The van der Waals surface area contributed by atoms with Gasteiger partial charge in [0, 0.05) is 39.8 Å². The minimum atomic E-state index is 0.150. The van der Waals surface area contributed by atoms with Crippen LogP contribution in [0.25, 0.3) is 0 Å². The van der Waals surface area contributed by atoms with E-state index in [0.717, 1.165) is 64.1 Å². The van der Waals surface area contributed by atoms with Gasteiger partial charge in [-0.2, -0.15) is 0 Å². The average molecular weight is 415 g/mol. The van der Waals surface area contributed by atoms with Crippen molar-refractivity contribution in [2.75, 3.05) is 46.4 Å². The molecule has 0 saturated carbocycles. The lowest BCUT2D eigenvalue weighted by Crippen LogP contribution is -2.53. The Bertz CT molecular complexity index is 679. The molecule has 3 fully saturated rings. The third-order valence-electron chi connectivity index (χ3n) is 6.74. The van der Waals surface area contributed by atoms with E-state index >= 15 is 0 Å². The first-order valence-corrected chi connectivity index (χ1v) is 11.7. The molecular formula is C24H38N4O2. The minimum absolute atomic E-state index is 0.150. The number of piperidine rings is 1. The Morgan fingerprint density at radius 2 is 1.73 bits per heavy atom. The number of hydrogen-bond donors (Lipinski definition) is 1. The Balaban J connectivity index is 1.25. The first-order valence-electron chi connectivity index (χ1n) is 11.7. The zero-order valence-corrected chi connectivity index (χ0v) is 18.7. The second-order valence-corrected chi connectivity index (χ2v) is 9.08.